The van der Waals surface area contributed by atoms with Crippen molar-refractivity contribution in [3.63, 3.8) is 0 Å². The number of amidine groups is 1. The lowest BCUT2D eigenvalue weighted by Crippen LogP contribution is -2.38. The van der Waals surface area contributed by atoms with Gasteiger partial charge in [0.15, 0.2) is 5.84 Å². The van der Waals surface area contributed by atoms with Crippen molar-refractivity contribution in [1.82, 2.24) is 15.1 Å². The number of likely N-dealkylation sites (N-methyl/N-ethyl adjacent to an activating group) is 1. The first-order valence-corrected chi connectivity index (χ1v) is 10.9. The maximum absolute atomic E-state index is 6.43. The molecule has 1 fully saturated rings. The number of nitrogens with two attached hydrogens (primary N) is 4. The Morgan fingerprint density at radius 2 is 1.75 bits per heavy atom. The number of nitrogens with zero attached hydrogens (tertiary/aromatic N) is 4. The third kappa shape index (κ3) is 6.12. The maximum Gasteiger partial charge on any atom is 0.152 e. The van der Waals surface area contributed by atoms with Gasteiger partial charge in [0, 0.05) is 12.6 Å². The molecule has 0 amide bonds. The molecular formula is C23H34N8O. The minimum Gasteiger partial charge on any atom is -0.489 e. The molecule has 9 heteroatoms. The van der Waals surface area contributed by atoms with Crippen molar-refractivity contribution in [3.8, 4) is 5.75 Å². The van der Waals surface area contributed by atoms with Crippen molar-refractivity contribution in [2.45, 2.75) is 45.1 Å². The van der Waals surface area contributed by atoms with Crippen molar-refractivity contribution in [3.05, 3.63) is 65.1 Å². The number of hydrogen-bond donors (Lipinski definition) is 4. The average Bonchev–Trinajstić information content (AvgIpc) is 2.79. The quantitative estimate of drug-likeness (QED) is 0.212. The largest absolute Gasteiger partial charge is 0.489 e. The number of ether oxygens (including phenoxy) is 1. The van der Waals surface area contributed by atoms with Gasteiger partial charge >= 0.3 is 0 Å². The second-order valence-corrected chi connectivity index (χ2v) is 8.08. The predicted octanol–water partition coefficient (Wildman–Crippen LogP) is 2.03. The van der Waals surface area contributed by atoms with Crippen molar-refractivity contribution < 1.29 is 4.74 Å². The van der Waals surface area contributed by atoms with Crippen molar-refractivity contribution in [2.75, 3.05) is 13.6 Å². The molecule has 1 heterocycles. The van der Waals surface area contributed by atoms with E-state index in [0.29, 0.717) is 22.9 Å². The van der Waals surface area contributed by atoms with Crippen LogP contribution in [0.15, 0.2) is 53.3 Å². The standard InChI is InChI=1S/C23H34N8O/c1-16-21(32-18-11-7-4-8-12-18)14-13-19(28-16)22(24)20(30(2)26)15-31(27)29-23(25)17-9-5-3-6-10-17/h3,5-6,9-10,13-14,18H,4,7-8,11-12,15,24,26-27H2,1-2H3,(H2,25,29)/b22-20-. The number of pyridine rings is 1. The zero-order chi connectivity index (χ0) is 23.1. The summed E-state index contributed by atoms with van der Waals surface area (Å²) < 4.78 is 6.16. The van der Waals surface area contributed by atoms with Crippen LogP contribution in [0.25, 0.3) is 5.70 Å². The average molecular weight is 439 g/mol. The van der Waals surface area contributed by atoms with Gasteiger partial charge in [-0.05, 0) is 44.7 Å². The minimum atomic E-state index is 0.146. The van der Waals surface area contributed by atoms with Crippen LogP contribution in [0.3, 0.4) is 0 Å². The Morgan fingerprint density at radius 1 is 1.06 bits per heavy atom. The van der Waals surface area contributed by atoms with Crippen molar-refractivity contribution in [2.24, 2.45) is 28.3 Å². The topological polar surface area (TPSA) is 145 Å². The highest BCUT2D eigenvalue weighted by atomic mass is 16.5. The molecule has 0 atom stereocenters. The highest BCUT2D eigenvalue weighted by molar-refractivity contribution is 5.97. The SMILES string of the molecule is Cc1nc(/C(N)=C(\CN(N)/N=C(\N)c2ccccc2)N(C)N)ccc1OC1CCCCC1. The van der Waals surface area contributed by atoms with Crippen LogP contribution in [-0.4, -0.2) is 40.6 Å². The van der Waals surface area contributed by atoms with E-state index in [1.54, 1.807) is 7.05 Å². The molecule has 172 valence electrons. The zero-order valence-corrected chi connectivity index (χ0v) is 18.9. The molecule has 0 radical (unpaired) electrons. The van der Waals surface area contributed by atoms with E-state index in [-0.39, 0.29) is 12.6 Å². The number of rotatable bonds is 8. The number of benzene rings is 1. The molecule has 0 saturated heterocycles. The van der Waals surface area contributed by atoms with Gasteiger partial charge in [-0.25, -0.2) is 21.8 Å². The third-order valence-electron chi connectivity index (χ3n) is 5.51. The molecule has 1 aliphatic carbocycles. The van der Waals surface area contributed by atoms with Crippen LogP contribution < -0.4 is 27.9 Å². The van der Waals surface area contributed by atoms with Crippen molar-refractivity contribution >= 4 is 11.5 Å². The molecule has 8 N–H and O–H groups in total. The van der Waals surface area contributed by atoms with Crippen LogP contribution in [0, 0.1) is 6.92 Å². The van der Waals surface area contributed by atoms with E-state index in [4.69, 9.17) is 27.9 Å². The van der Waals surface area contributed by atoms with E-state index in [1.807, 2.05) is 49.4 Å². The molecule has 3 rings (SSSR count). The fraction of sp³-hybridized carbons (Fsp3) is 0.391. The number of hydrazone groups is 1. The Hall–Kier alpha value is -3.30. The molecule has 0 bridgehead atoms. The molecule has 2 aromatic rings. The van der Waals surface area contributed by atoms with E-state index in [2.05, 4.69) is 10.1 Å². The van der Waals surface area contributed by atoms with Gasteiger partial charge in [-0.2, -0.15) is 0 Å². The molecule has 1 aliphatic rings. The first kappa shape index (κ1) is 23.4. The van der Waals surface area contributed by atoms with E-state index in [1.165, 1.54) is 29.4 Å². The Balaban J connectivity index is 1.77. The van der Waals surface area contributed by atoms with E-state index in [0.717, 1.165) is 29.8 Å². The summed E-state index contributed by atoms with van der Waals surface area (Å²) in [5.74, 6) is 13.2. The zero-order valence-electron chi connectivity index (χ0n) is 18.9. The summed E-state index contributed by atoms with van der Waals surface area (Å²) in [5.41, 5.74) is 15.6. The summed E-state index contributed by atoms with van der Waals surface area (Å²) in [6.07, 6.45) is 6.14. The van der Waals surface area contributed by atoms with Gasteiger partial charge in [0.05, 0.1) is 35.4 Å². The summed E-state index contributed by atoms with van der Waals surface area (Å²) in [5, 5.41) is 6.85. The highest BCUT2D eigenvalue weighted by Crippen LogP contribution is 2.26. The predicted molar refractivity (Wildman–Crippen MR) is 128 cm³/mol. The molecule has 0 aliphatic heterocycles. The molecule has 1 aromatic heterocycles. The van der Waals surface area contributed by atoms with E-state index >= 15 is 0 Å². The summed E-state index contributed by atoms with van der Waals surface area (Å²) >= 11 is 0. The van der Waals surface area contributed by atoms with Gasteiger partial charge < -0.3 is 21.2 Å². The fourth-order valence-electron chi connectivity index (χ4n) is 3.71. The van der Waals surface area contributed by atoms with Gasteiger partial charge in [0.25, 0.3) is 0 Å². The van der Waals surface area contributed by atoms with Crippen LogP contribution >= 0.6 is 0 Å². The van der Waals surface area contributed by atoms with Gasteiger partial charge in [0.1, 0.15) is 5.75 Å². The van der Waals surface area contributed by atoms with Crippen molar-refractivity contribution in [1.29, 1.82) is 0 Å². The van der Waals surface area contributed by atoms with Crippen LogP contribution in [0.4, 0.5) is 0 Å². The number of aryl methyl sites for hydroxylation is 1. The van der Waals surface area contributed by atoms with Gasteiger partial charge in [0.2, 0.25) is 0 Å². The Kier molecular flexibility index (Phi) is 7.91. The lowest BCUT2D eigenvalue weighted by atomic mass is 9.98. The molecule has 1 aromatic carbocycles. The summed E-state index contributed by atoms with van der Waals surface area (Å²) in [6.45, 7) is 2.06. The smallest absolute Gasteiger partial charge is 0.152 e. The molecule has 0 unspecified atom stereocenters. The van der Waals surface area contributed by atoms with Crippen LogP contribution in [0.1, 0.15) is 49.1 Å². The Bertz CT molecular complexity index is 952. The molecule has 0 spiro atoms. The first-order chi connectivity index (χ1) is 15.3. The second-order valence-electron chi connectivity index (χ2n) is 8.08. The first-order valence-electron chi connectivity index (χ1n) is 10.9. The lowest BCUT2D eigenvalue weighted by molar-refractivity contribution is 0.153. The number of hydrogen-bond acceptors (Lipinski definition) is 8. The van der Waals surface area contributed by atoms with Gasteiger partial charge in [-0.1, -0.05) is 36.8 Å². The highest BCUT2D eigenvalue weighted by Gasteiger charge is 2.18. The fourth-order valence-corrected chi connectivity index (χ4v) is 3.71. The van der Waals surface area contributed by atoms with Crippen LogP contribution in [-0.2, 0) is 0 Å². The summed E-state index contributed by atoms with van der Waals surface area (Å²) in [7, 11) is 1.69. The monoisotopic (exact) mass is 438 g/mol. The number of hydrazine groups is 2. The molecular weight excluding hydrogens is 404 g/mol. The summed E-state index contributed by atoms with van der Waals surface area (Å²) in [6, 6.07) is 13.1. The van der Waals surface area contributed by atoms with E-state index in [9.17, 15) is 0 Å². The maximum atomic E-state index is 6.43. The lowest BCUT2D eigenvalue weighted by Gasteiger charge is -2.25. The molecule has 9 nitrogen and oxygen atoms in total. The second kappa shape index (κ2) is 10.8. The summed E-state index contributed by atoms with van der Waals surface area (Å²) in [4.78, 5) is 4.65. The Morgan fingerprint density at radius 3 is 2.38 bits per heavy atom. The Labute approximate surface area is 189 Å². The van der Waals surface area contributed by atoms with Crippen LogP contribution in [0.2, 0.25) is 0 Å². The van der Waals surface area contributed by atoms with Gasteiger partial charge in [-0.3, -0.25) is 0 Å². The van der Waals surface area contributed by atoms with Gasteiger partial charge in [-0.15, -0.1) is 5.10 Å². The van der Waals surface area contributed by atoms with Crippen LogP contribution in [0.5, 0.6) is 5.75 Å². The normalized spacial score (nSPS) is 15.8. The van der Waals surface area contributed by atoms with E-state index < -0.39 is 0 Å². The molecule has 1 saturated carbocycles. The third-order valence-corrected chi connectivity index (χ3v) is 5.51. The molecule has 32 heavy (non-hydrogen) atoms. The number of aromatic nitrogens is 1. The minimum absolute atomic E-state index is 0.146.